The van der Waals surface area contributed by atoms with E-state index in [2.05, 4.69) is 41.5 Å². The normalized spacial score (nSPS) is 32.7. The average molecular weight is 439 g/mol. The Balaban J connectivity index is 3.62. The minimum absolute atomic E-state index is 0.0204. The summed E-state index contributed by atoms with van der Waals surface area (Å²) in [4.78, 5) is 0. The molecule has 0 aromatic carbocycles. The molecule has 27 heavy (non-hydrogen) atoms. The molecule has 1 rings (SSSR count). The third kappa shape index (κ3) is 5.95. The predicted octanol–water partition coefficient (Wildman–Crippen LogP) is 5.37. The molecule has 0 amide bonds. The molecule has 1 aliphatic rings. The molecule has 1 fully saturated rings. The Kier molecular flexibility index (Phi) is 8.94. The fourth-order valence-electron chi connectivity index (χ4n) is 2.90. The molecule has 1 heterocycles. The summed E-state index contributed by atoms with van der Waals surface area (Å²) in [6, 6.07) is 0. The van der Waals surface area contributed by atoms with Crippen molar-refractivity contribution in [2.24, 2.45) is 0 Å². The molecule has 1 saturated heterocycles. The minimum atomic E-state index is -3.10. The lowest BCUT2D eigenvalue weighted by molar-refractivity contribution is -0.0229. The second kappa shape index (κ2) is 9.48. The van der Waals surface area contributed by atoms with E-state index in [0.717, 1.165) is 0 Å². The lowest BCUT2D eigenvalue weighted by atomic mass is 10.5. The SMILES string of the molecule is CC(C)O[Si]1(C(C)C)O[Si](OC(C)C)(C(C)C)O[Si](OC(C)C)(C(C)C)O1. The van der Waals surface area contributed by atoms with Gasteiger partial charge in [-0.15, -0.1) is 0 Å². The highest BCUT2D eigenvalue weighted by atomic mass is 28.5. The van der Waals surface area contributed by atoms with Crippen LogP contribution in [0.3, 0.4) is 0 Å². The van der Waals surface area contributed by atoms with Crippen LogP contribution in [0.15, 0.2) is 0 Å². The van der Waals surface area contributed by atoms with E-state index in [1.807, 2.05) is 41.5 Å². The molecule has 0 aromatic rings. The highest BCUT2D eigenvalue weighted by Gasteiger charge is 2.71. The van der Waals surface area contributed by atoms with Crippen LogP contribution in [0.25, 0.3) is 0 Å². The van der Waals surface area contributed by atoms with E-state index in [9.17, 15) is 0 Å². The topological polar surface area (TPSA) is 55.4 Å². The molecule has 0 aromatic heterocycles. The van der Waals surface area contributed by atoms with Gasteiger partial charge in [-0.1, -0.05) is 41.5 Å². The summed E-state index contributed by atoms with van der Waals surface area (Å²) >= 11 is 0. The smallest absolute Gasteiger partial charge is 0.372 e. The molecular formula is C18H42O6Si3. The van der Waals surface area contributed by atoms with Gasteiger partial charge in [0.15, 0.2) is 0 Å². The van der Waals surface area contributed by atoms with Gasteiger partial charge < -0.3 is 25.6 Å². The third-order valence-electron chi connectivity index (χ3n) is 4.17. The molecule has 0 spiro atoms. The van der Waals surface area contributed by atoms with E-state index in [-0.39, 0.29) is 34.9 Å². The number of rotatable bonds is 9. The average Bonchev–Trinajstić information content (AvgIpc) is 2.43. The van der Waals surface area contributed by atoms with Crippen LogP contribution in [0.5, 0.6) is 0 Å². The van der Waals surface area contributed by atoms with Crippen molar-refractivity contribution < 1.29 is 25.6 Å². The van der Waals surface area contributed by atoms with E-state index in [0.29, 0.717) is 0 Å². The molecule has 6 nitrogen and oxygen atoms in total. The first kappa shape index (κ1) is 25.4. The van der Waals surface area contributed by atoms with Crippen molar-refractivity contribution in [1.82, 2.24) is 0 Å². The van der Waals surface area contributed by atoms with Gasteiger partial charge in [0.05, 0.1) is 0 Å². The summed E-state index contributed by atoms with van der Waals surface area (Å²) in [6.45, 7) is 24.7. The van der Waals surface area contributed by atoms with E-state index in [1.165, 1.54) is 0 Å². The molecular weight excluding hydrogens is 396 g/mol. The quantitative estimate of drug-likeness (QED) is 0.451. The molecule has 162 valence electrons. The first-order valence-corrected chi connectivity index (χ1v) is 15.7. The van der Waals surface area contributed by atoms with E-state index in [4.69, 9.17) is 25.6 Å². The van der Waals surface area contributed by atoms with Crippen molar-refractivity contribution in [3.8, 4) is 0 Å². The molecule has 0 radical (unpaired) electrons. The van der Waals surface area contributed by atoms with E-state index < -0.39 is 26.4 Å². The van der Waals surface area contributed by atoms with Crippen LogP contribution in [0.1, 0.15) is 83.1 Å². The lowest BCUT2D eigenvalue weighted by Gasteiger charge is -2.54. The van der Waals surface area contributed by atoms with Crippen LogP contribution in [0, 0.1) is 0 Å². The van der Waals surface area contributed by atoms with Crippen LogP contribution < -0.4 is 0 Å². The highest BCUT2D eigenvalue weighted by molar-refractivity contribution is 6.90. The van der Waals surface area contributed by atoms with Crippen molar-refractivity contribution in [3.05, 3.63) is 0 Å². The third-order valence-corrected chi connectivity index (χ3v) is 17.6. The second-order valence-electron chi connectivity index (χ2n) is 9.08. The maximum Gasteiger partial charge on any atom is 0.489 e. The Bertz CT molecular complexity index is 395. The van der Waals surface area contributed by atoms with Crippen molar-refractivity contribution in [1.29, 1.82) is 0 Å². The Morgan fingerprint density at radius 2 is 0.593 bits per heavy atom. The Morgan fingerprint density at radius 1 is 0.407 bits per heavy atom. The fourth-order valence-corrected chi connectivity index (χ4v) is 18.9. The maximum atomic E-state index is 6.74. The van der Waals surface area contributed by atoms with Crippen molar-refractivity contribution in [2.75, 3.05) is 0 Å². The van der Waals surface area contributed by atoms with Crippen LogP contribution >= 0.6 is 0 Å². The number of hydrogen-bond donors (Lipinski definition) is 0. The largest absolute Gasteiger partial charge is 0.489 e. The molecule has 0 N–H and O–H groups in total. The summed E-state index contributed by atoms with van der Waals surface area (Å²) in [7, 11) is -9.31. The van der Waals surface area contributed by atoms with E-state index >= 15 is 0 Å². The Labute approximate surface area is 170 Å². The van der Waals surface area contributed by atoms with Crippen molar-refractivity contribution >= 4 is 26.4 Å². The second-order valence-corrected chi connectivity index (χ2v) is 19.3. The molecule has 0 aliphatic carbocycles. The van der Waals surface area contributed by atoms with Gasteiger partial charge in [-0.2, -0.15) is 0 Å². The van der Waals surface area contributed by atoms with Gasteiger partial charge in [-0.3, -0.25) is 0 Å². The molecule has 1 aliphatic heterocycles. The molecule has 0 atom stereocenters. The Hall–Kier alpha value is 0.411. The van der Waals surface area contributed by atoms with Crippen LogP contribution in [-0.4, -0.2) is 44.7 Å². The summed E-state index contributed by atoms with van der Waals surface area (Å²) in [5.74, 6) is 0. The molecule has 0 unspecified atom stereocenters. The van der Waals surface area contributed by atoms with Gasteiger partial charge in [0.1, 0.15) is 0 Å². The summed E-state index contributed by atoms with van der Waals surface area (Å²) in [6.07, 6.45) is -0.0611. The lowest BCUT2D eigenvalue weighted by Crippen LogP contribution is -2.76. The van der Waals surface area contributed by atoms with Gasteiger partial charge in [-0.05, 0) is 41.5 Å². The fraction of sp³-hybridized carbons (Fsp3) is 1.00. The van der Waals surface area contributed by atoms with Gasteiger partial charge in [-0.25, -0.2) is 0 Å². The van der Waals surface area contributed by atoms with Crippen LogP contribution in [0.4, 0.5) is 0 Å². The molecule has 9 heteroatoms. The predicted molar refractivity (Wildman–Crippen MR) is 114 cm³/mol. The monoisotopic (exact) mass is 438 g/mol. The first-order chi connectivity index (χ1) is 12.2. The highest BCUT2D eigenvalue weighted by Crippen LogP contribution is 2.47. The zero-order valence-corrected chi connectivity index (χ0v) is 22.4. The summed E-state index contributed by atoms with van der Waals surface area (Å²) in [5, 5.41) is 0. The zero-order chi connectivity index (χ0) is 21.2. The minimum Gasteiger partial charge on any atom is -0.372 e. The summed E-state index contributed by atoms with van der Waals surface area (Å²) in [5.41, 5.74) is 0.227. The van der Waals surface area contributed by atoms with Gasteiger partial charge in [0.2, 0.25) is 0 Å². The summed E-state index contributed by atoms with van der Waals surface area (Å²) < 4.78 is 39.5. The van der Waals surface area contributed by atoms with Gasteiger partial charge >= 0.3 is 26.4 Å². The molecule has 0 bridgehead atoms. The van der Waals surface area contributed by atoms with Crippen LogP contribution in [-0.2, 0) is 25.6 Å². The van der Waals surface area contributed by atoms with Crippen LogP contribution in [0.2, 0.25) is 16.6 Å². The van der Waals surface area contributed by atoms with Crippen molar-refractivity contribution in [2.45, 2.75) is 118 Å². The van der Waals surface area contributed by atoms with Crippen molar-refractivity contribution in [3.63, 3.8) is 0 Å². The standard InChI is InChI=1S/C18H42O6Si3/c1-13(2)19-25(16(7)8)22-26(17(9)10,20-14(3)4)24-27(23-25,18(11)12)21-15(5)6/h13-18H,1-12H3. The zero-order valence-electron chi connectivity index (χ0n) is 19.4. The van der Waals surface area contributed by atoms with Gasteiger partial charge in [0.25, 0.3) is 0 Å². The number of hydrogen-bond acceptors (Lipinski definition) is 6. The van der Waals surface area contributed by atoms with Gasteiger partial charge in [0, 0.05) is 34.9 Å². The molecule has 0 saturated carbocycles. The maximum absolute atomic E-state index is 6.74. The first-order valence-electron chi connectivity index (χ1n) is 10.3. The Morgan fingerprint density at radius 3 is 0.704 bits per heavy atom. The van der Waals surface area contributed by atoms with E-state index in [1.54, 1.807) is 0 Å².